The van der Waals surface area contributed by atoms with Crippen molar-refractivity contribution >= 4 is 10.9 Å². The van der Waals surface area contributed by atoms with Crippen LogP contribution in [0.15, 0.2) is 23.1 Å². The highest BCUT2D eigenvalue weighted by molar-refractivity contribution is 5.78. The number of hydrogen-bond donors (Lipinski definition) is 1. The Bertz CT molecular complexity index is 597. The van der Waals surface area contributed by atoms with Crippen molar-refractivity contribution in [3.63, 3.8) is 0 Å². The number of aromatic nitrogens is 2. The third-order valence-corrected chi connectivity index (χ3v) is 1.82. The maximum Gasteiger partial charge on any atom is 0.248 e. The maximum absolute atomic E-state index is 13.4. The van der Waals surface area contributed by atoms with Crippen LogP contribution in [0.5, 0.6) is 0 Å². The van der Waals surface area contributed by atoms with Gasteiger partial charge >= 0.3 is 0 Å². The van der Waals surface area contributed by atoms with Crippen molar-refractivity contribution in [1.82, 2.24) is 9.97 Å². The first-order valence-electron chi connectivity index (χ1n) is 3.80. The number of H-pyrrole nitrogens is 1. The van der Waals surface area contributed by atoms with Gasteiger partial charge in [0.25, 0.3) is 0 Å². The summed E-state index contributed by atoms with van der Waals surface area (Å²) in [6.07, 6.45) is 1.34. The summed E-state index contributed by atoms with van der Waals surface area (Å²) >= 11 is 0. The predicted molar refractivity (Wildman–Crippen MR) is 47.0 cm³/mol. The fraction of sp³-hybridized carbons (Fsp3) is 0. The van der Waals surface area contributed by atoms with E-state index in [-0.39, 0.29) is 11.2 Å². The molecule has 14 heavy (non-hydrogen) atoms. The van der Waals surface area contributed by atoms with Gasteiger partial charge in [-0.05, 0) is 6.07 Å². The largest absolute Gasteiger partial charge is 0.319 e. The third kappa shape index (κ3) is 1.13. The Kier molecular flexibility index (Phi) is 1.75. The summed E-state index contributed by atoms with van der Waals surface area (Å²) in [4.78, 5) is 16.8. The van der Waals surface area contributed by atoms with Gasteiger partial charge in [-0.1, -0.05) is 0 Å². The van der Waals surface area contributed by atoms with Crippen molar-refractivity contribution < 1.29 is 4.39 Å². The van der Waals surface area contributed by atoms with Crippen LogP contribution in [0, 0.1) is 17.1 Å². The number of halogens is 1. The van der Waals surface area contributed by atoms with E-state index in [1.54, 1.807) is 6.07 Å². The lowest BCUT2D eigenvalue weighted by Crippen LogP contribution is -2.05. The molecule has 0 radical (unpaired) electrons. The van der Waals surface area contributed by atoms with Gasteiger partial charge in [0, 0.05) is 17.6 Å². The molecule has 0 unspecified atom stereocenters. The van der Waals surface area contributed by atoms with Gasteiger partial charge in [0.2, 0.25) is 5.56 Å². The van der Waals surface area contributed by atoms with Crippen molar-refractivity contribution in [3.8, 4) is 6.07 Å². The molecule has 4 nitrogen and oxygen atoms in total. The lowest BCUT2D eigenvalue weighted by atomic mass is 10.2. The number of pyridine rings is 2. The van der Waals surface area contributed by atoms with Crippen LogP contribution in [-0.4, -0.2) is 9.97 Å². The van der Waals surface area contributed by atoms with Crippen molar-refractivity contribution in [1.29, 1.82) is 5.26 Å². The molecule has 0 saturated heterocycles. The van der Waals surface area contributed by atoms with E-state index in [4.69, 9.17) is 5.26 Å². The quantitative estimate of drug-likeness (QED) is 0.670. The Hall–Kier alpha value is -2.22. The molecule has 2 heterocycles. The zero-order valence-corrected chi connectivity index (χ0v) is 6.91. The standard InChI is InChI=1S/C9H4FN3O/c10-8-6(3-11)12-4-5-1-2-7(14)13-9(5)8/h1-2,4H,(H,13,14). The van der Waals surface area contributed by atoms with E-state index in [2.05, 4.69) is 9.97 Å². The molecule has 0 fully saturated rings. The lowest BCUT2D eigenvalue weighted by molar-refractivity contribution is 0.626. The normalized spacial score (nSPS) is 10.0. The first-order chi connectivity index (χ1) is 6.72. The van der Waals surface area contributed by atoms with Crippen LogP contribution in [0.3, 0.4) is 0 Å². The van der Waals surface area contributed by atoms with Gasteiger partial charge < -0.3 is 4.98 Å². The average Bonchev–Trinajstić information content (AvgIpc) is 2.20. The van der Waals surface area contributed by atoms with Crippen LogP contribution >= 0.6 is 0 Å². The predicted octanol–water partition coefficient (Wildman–Crippen LogP) is 0.934. The number of nitrogens with one attached hydrogen (secondary N) is 1. The second-order valence-electron chi connectivity index (χ2n) is 2.69. The van der Waals surface area contributed by atoms with E-state index in [0.29, 0.717) is 5.39 Å². The number of hydrogen-bond acceptors (Lipinski definition) is 3. The summed E-state index contributed by atoms with van der Waals surface area (Å²) in [5.74, 6) is -0.789. The van der Waals surface area contributed by atoms with Crippen LogP contribution < -0.4 is 5.56 Å². The highest BCUT2D eigenvalue weighted by atomic mass is 19.1. The second kappa shape index (κ2) is 2.92. The maximum atomic E-state index is 13.4. The van der Waals surface area contributed by atoms with Crippen LogP contribution in [-0.2, 0) is 0 Å². The van der Waals surface area contributed by atoms with Gasteiger partial charge in [0.15, 0.2) is 11.5 Å². The molecule has 5 heteroatoms. The summed E-state index contributed by atoms with van der Waals surface area (Å²) in [7, 11) is 0. The highest BCUT2D eigenvalue weighted by Gasteiger charge is 2.08. The summed E-state index contributed by atoms with van der Waals surface area (Å²) < 4.78 is 13.4. The molecule has 0 atom stereocenters. The Morgan fingerprint density at radius 2 is 2.29 bits per heavy atom. The lowest BCUT2D eigenvalue weighted by Gasteiger charge is -1.98. The summed E-state index contributed by atoms with van der Waals surface area (Å²) in [5, 5.41) is 8.96. The Morgan fingerprint density at radius 1 is 1.50 bits per heavy atom. The molecular formula is C9H4FN3O. The second-order valence-corrected chi connectivity index (χ2v) is 2.69. The molecule has 0 amide bonds. The van der Waals surface area contributed by atoms with Crippen molar-refractivity contribution in [3.05, 3.63) is 40.2 Å². The van der Waals surface area contributed by atoms with Crippen LogP contribution in [0.1, 0.15) is 5.69 Å². The van der Waals surface area contributed by atoms with E-state index in [9.17, 15) is 9.18 Å². The van der Waals surface area contributed by atoms with E-state index in [0.717, 1.165) is 0 Å². The highest BCUT2D eigenvalue weighted by Crippen LogP contribution is 2.14. The topological polar surface area (TPSA) is 69.5 Å². The third-order valence-electron chi connectivity index (χ3n) is 1.82. The summed E-state index contributed by atoms with van der Waals surface area (Å²) in [5.41, 5.74) is -0.713. The van der Waals surface area contributed by atoms with E-state index in [1.807, 2.05) is 0 Å². The van der Waals surface area contributed by atoms with Gasteiger partial charge in [-0.15, -0.1) is 0 Å². The van der Waals surface area contributed by atoms with E-state index < -0.39 is 11.4 Å². The van der Waals surface area contributed by atoms with Crippen molar-refractivity contribution in [2.45, 2.75) is 0 Å². The SMILES string of the molecule is N#Cc1ncc2ccc(=O)[nH]c2c1F. The van der Waals surface area contributed by atoms with Gasteiger partial charge in [0.05, 0.1) is 5.52 Å². The monoisotopic (exact) mass is 189 g/mol. The molecule has 2 aromatic rings. The molecule has 0 aliphatic rings. The minimum Gasteiger partial charge on any atom is -0.319 e. The molecule has 0 aromatic carbocycles. The Morgan fingerprint density at radius 3 is 3.00 bits per heavy atom. The fourth-order valence-electron chi connectivity index (χ4n) is 1.16. The smallest absolute Gasteiger partial charge is 0.248 e. The van der Waals surface area contributed by atoms with Crippen LogP contribution in [0.25, 0.3) is 10.9 Å². The zero-order chi connectivity index (χ0) is 10.1. The molecule has 1 N–H and O–H groups in total. The van der Waals surface area contributed by atoms with Crippen molar-refractivity contribution in [2.24, 2.45) is 0 Å². The molecule has 0 aliphatic carbocycles. The molecule has 2 rings (SSSR count). The number of rotatable bonds is 0. The minimum absolute atomic E-state index is 0.0176. The Balaban J connectivity index is 2.95. The first-order valence-corrected chi connectivity index (χ1v) is 3.80. The van der Waals surface area contributed by atoms with Gasteiger partial charge in [-0.2, -0.15) is 5.26 Å². The number of nitriles is 1. The van der Waals surface area contributed by atoms with Crippen molar-refractivity contribution in [2.75, 3.05) is 0 Å². The molecule has 2 aromatic heterocycles. The molecule has 0 bridgehead atoms. The molecule has 0 spiro atoms. The Labute approximate surface area is 77.6 Å². The van der Waals surface area contributed by atoms with E-state index >= 15 is 0 Å². The number of aromatic amines is 1. The van der Waals surface area contributed by atoms with Gasteiger partial charge in [-0.3, -0.25) is 4.79 Å². The fourth-order valence-corrected chi connectivity index (χ4v) is 1.16. The summed E-state index contributed by atoms with van der Waals surface area (Å²) in [6, 6.07) is 4.32. The van der Waals surface area contributed by atoms with E-state index in [1.165, 1.54) is 18.3 Å². The number of nitrogens with zero attached hydrogens (tertiary/aromatic N) is 2. The minimum atomic E-state index is -0.789. The molecule has 68 valence electrons. The average molecular weight is 189 g/mol. The molecule has 0 aliphatic heterocycles. The van der Waals surface area contributed by atoms with Crippen LogP contribution in [0.2, 0.25) is 0 Å². The van der Waals surface area contributed by atoms with Gasteiger partial charge in [-0.25, -0.2) is 9.37 Å². The molecule has 0 saturated carbocycles. The van der Waals surface area contributed by atoms with Crippen LogP contribution in [0.4, 0.5) is 4.39 Å². The molecular weight excluding hydrogens is 185 g/mol. The first kappa shape index (κ1) is 8.38. The van der Waals surface area contributed by atoms with Gasteiger partial charge in [0.1, 0.15) is 6.07 Å². The summed E-state index contributed by atoms with van der Waals surface area (Å²) in [6.45, 7) is 0. The zero-order valence-electron chi connectivity index (χ0n) is 6.91. The number of fused-ring (bicyclic) bond motifs is 1.